The van der Waals surface area contributed by atoms with E-state index in [9.17, 15) is 18.0 Å². The predicted molar refractivity (Wildman–Crippen MR) is 112 cm³/mol. The Morgan fingerprint density at radius 1 is 1.23 bits per heavy atom. The third kappa shape index (κ3) is 3.83. The fourth-order valence-electron chi connectivity index (χ4n) is 4.45. The van der Waals surface area contributed by atoms with E-state index in [0.717, 1.165) is 0 Å². The van der Waals surface area contributed by atoms with Gasteiger partial charge in [0.1, 0.15) is 0 Å². The Hall–Kier alpha value is -2.79. The zero-order chi connectivity index (χ0) is 22.4. The average molecular weight is 448 g/mol. The number of amides is 2. The van der Waals surface area contributed by atoms with E-state index in [0.29, 0.717) is 42.6 Å². The molecule has 2 atom stereocenters. The molecule has 31 heavy (non-hydrogen) atoms. The number of nitrogens with zero attached hydrogens (tertiary/aromatic N) is 4. The summed E-state index contributed by atoms with van der Waals surface area (Å²) in [6.45, 7) is 5.95. The molecule has 0 radical (unpaired) electrons. The normalized spacial score (nSPS) is 23.7. The summed E-state index contributed by atoms with van der Waals surface area (Å²) in [5, 5.41) is 6.57. The number of anilines is 1. The van der Waals surface area contributed by atoms with Gasteiger partial charge in [-0.2, -0.15) is 4.98 Å². The number of hydrogen-bond acceptors (Lipinski definition) is 7. The first-order chi connectivity index (χ1) is 14.6. The number of likely N-dealkylation sites (tertiary alicyclic amines) is 1. The second-order valence-electron chi connectivity index (χ2n) is 8.14. The van der Waals surface area contributed by atoms with Gasteiger partial charge in [-0.3, -0.25) is 9.59 Å². The van der Waals surface area contributed by atoms with Gasteiger partial charge in [0, 0.05) is 50.3 Å². The van der Waals surface area contributed by atoms with E-state index in [1.54, 1.807) is 43.0 Å². The van der Waals surface area contributed by atoms with Crippen molar-refractivity contribution < 1.29 is 22.5 Å². The van der Waals surface area contributed by atoms with Gasteiger partial charge in [-0.25, -0.2) is 12.7 Å². The number of rotatable bonds is 5. The minimum absolute atomic E-state index is 0.0158. The van der Waals surface area contributed by atoms with Gasteiger partial charge < -0.3 is 14.7 Å². The molecule has 0 spiro atoms. The first-order valence-corrected chi connectivity index (χ1v) is 11.7. The molecule has 3 heterocycles. The van der Waals surface area contributed by atoms with Gasteiger partial charge in [-0.1, -0.05) is 5.16 Å². The number of hydrogen-bond donors (Lipinski definition) is 1. The van der Waals surface area contributed by atoms with E-state index < -0.39 is 15.4 Å². The number of sulfonamides is 1. The Balaban J connectivity index is 1.60. The lowest BCUT2D eigenvalue weighted by Crippen LogP contribution is -2.41. The van der Waals surface area contributed by atoms with E-state index >= 15 is 0 Å². The summed E-state index contributed by atoms with van der Waals surface area (Å²) < 4.78 is 32.0. The van der Waals surface area contributed by atoms with Gasteiger partial charge in [0.05, 0.1) is 11.2 Å². The third-order valence-corrected chi connectivity index (χ3v) is 7.82. The van der Waals surface area contributed by atoms with Crippen LogP contribution in [0.1, 0.15) is 35.9 Å². The first-order valence-electron chi connectivity index (χ1n) is 10.1. The molecule has 2 saturated heterocycles. The van der Waals surface area contributed by atoms with Gasteiger partial charge in [-0.05, 0) is 38.1 Å². The van der Waals surface area contributed by atoms with Crippen LogP contribution in [0.5, 0.6) is 0 Å². The smallest absolute Gasteiger partial charge is 0.253 e. The van der Waals surface area contributed by atoms with Crippen molar-refractivity contribution in [1.29, 1.82) is 0 Å². The summed E-state index contributed by atoms with van der Waals surface area (Å²) in [5.41, 5.74) is 0.375. The summed E-state index contributed by atoms with van der Waals surface area (Å²) in [6, 6.07) is 6.69. The molecule has 1 N–H and O–H groups in total. The standard InChI is InChI=1S/C20H25N5O5S/c1-4-31(28,29)25-10-16-9-24(11-20(16,12-25)19-21-13(2)23-30-19)18(27)15-5-7-17(8-6-15)22-14(3)26/h5-8,16H,4,9-12H2,1-3H3,(H,22,26)/t16-,20-/m0/s1. The van der Waals surface area contributed by atoms with E-state index in [2.05, 4.69) is 15.5 Å². The summed E-state index contributed by atoms with van der Waals surface area (Å²) in [6.07, 6.45) is 0. The van der Waals surface area contributed by atoms with Crippen molar-refractivity contribution in [3.8, 4) is 0 Å². The number of fused-ring (bicyclic) bond motifs is 1. The second kappa shape index (κ2) is 7.72. The summed E-state index contributed by atoms with van der Waals surface area (Å²) in [4.78, 5) is 30.5. The lowest BCUT2D eigenvalue weighted by Gasteiger charge is -2.25. The van der Waals surface area contributed by atoms with Crippen LogP contribution < -0.4 is 5.32 Å². The lowest BCUT2D eigenvalue weighted by molar-refractivity contribution is -0.114. The molecule has 10 nitrogen and oxygen atoms in total. The van der Waals surface area contributed by atoms with Crippen LogP contribution in [0.3, 0.4) is 0 Å². The van der Waals surface area contributed by atoms with E-state index in [1.807, 2.05) is 0 Å². The van der Waals surface area contributed by atoms with Crippen LogP contribution in [0.15, 0.2) is 28.8 Å². The third-order valence-electron chi connectivity index (χ3n) is 6.03. The predicted octanol–water partition coefficient (Wildman–Crippen LogP) is 1.01. The Morgan fingerprint density at radius 3 is 2.52 bits per heavy atom. The highest BCUT2D eigenvalue weighted by molar-refractivity contribution is 7.89. The van der Waals surface area contributed by atoms with Crippen molar-refractivity contribution in [1.82, 2.24) is 19.3 Å². The van der Waals surface area contributed by atoms with Crippen LogP contribution in [-0.4, -0.2) is 71.5 Å². The minimum Gasteiger partial charge on any atom is -0.339 e. The highest BCUT2D eigenvalue weighted by Gasteiger charge is 2.59. The maximum Gasteiger partial charge on any atom is 0.253 e. The molecule has 2 aliphatic rings. The van der Waals surface area contributed by atoms with Crippen molar-refractivity contribution in [2.45, 2.75) is 26.2 Å². The van der Waals surface area contributed by atoms with Crippen LogP contribution in [0.2, 0.25) is 0 Å². The monoisotopic (exact) mass is 447 g/mol. The minimum atomic E-state index is -3.38. The molecule has 0 unspecified atom stereocenters. The number of nitrogens with one attached hydrogen (secondary N) is 1. The number of carbonyl (C=O) groups is 2. The van der Waals surface area contributed by atoms with E-state index in [-0.39, 0.29) is 30.0 Å². The topological polar surface area (TPSA) is 126 Å². The van der Waals surface area contributed by atoms with E-state index in [1.165, 1.54) is 11.2 Å². The largest absolute Gasteiger partial charge is 0.339 e. The van der Waals surface area contributed by atoms with Gasteiger partial charge in [0.25, 0.3) is 5.91 Å². The molecule has 1 aromatic carbocycles. The average Bonchev–Trinajstić information content (AvgIpc) is 3.40. The number of benzene rings is 1. The van der Waals surface area contributed by atoms with Gasteiger partial charge >= 0.3 is 0 Å². The molecular weight excluding hydrogens is 422 g/mol. The summed E-state index contributed by atoms with van der Waals surface area (Å²) in [7, 11) is -3.38. The molecule has 11 heteroatoms. The molecule has 2 aromatic rings. The molecule has 4 rings (SSSR count). The van der Waals surface area contributed by atoms with Crippen molar-refractivity contribution in [2.24, 2.45) is 5.92 Å². The number of aryl methyl sites for hydroxylation is 1. The Labute approximate surface area is 180 Å². The molecule has 166 valence electrons. The molecule has 0 bridgehead atoms. The first kappa shape index (κ1) is 21.4. The highest BCUT2D eigenvalue weighted by Crippen LogP contribution is 2.45. The van der Waals surface area contributed by atoms with Gasteiger partial charge in [0.2, 0.25) is 21.8 Å². The summed E-state index contributed by atoms with van der Waals surface area (Å²) >= 11 is 0. The van der Waals surface area contributed by atoms with Gasteiger partial charge in [0.15, 0.2) is 5.82 Å². The molecule has 0 saturated carbocycles. The quantitative estimate of drug-likeness (QED) is 0.725. The van der Waals surface area contributed by atoms with Crippen molar-refractivity contribution in [2.75, 3.05) is 37.2 Å². The Kier molecular flexibility index (Phi) is 5.34. The fourth-order valence-corrected chi connectivity index (χ4v) is 5.65. The second-order valence-corrected chi connectivity index (χ2v) is 10.4. The lowest BCUT2D eigenvalue weighted by atomic mass is 9.81. The molecule has 2 amide bonds. The van der Waals surface area contributed by atoms with Crippen LogP contribution in [0.25, 0.3) is 0 Å². The van der Waals surface area contributed by atoms with Crippen LogP contribution >= 0.6 is 0 Å². The fraction of sp³-hybridized carbons (Fsp3) is 0.500. The van der Waals surface area contributed by atoms with Crippen molar-refractivity contribution in [3.05, 3.63) is 41.5 Å². The number of carbonyl (C=O) groups excluding carboxylic acids is 2. The molecule has 2 aliphatic heterocycles. The Bertz CT molecular complexity index is 1110. The maximum absolute atomic E-state index is 13.2. The molecule has 0 aliphatic carbocycles. The maximum atomic E-state index is 13.2. The molecular formula is C20H25N5O5S. The SMILES string of the molecule is CCS(=O)(=O)N1C[C@@H]2CN(C(=O)c3ccc(NC(C)=O)cc3)C[C@]2(c2nc(C)no2)C1. The van der Waals surface area contributed by atoms with Crippen molar-refractivity contribution in [3.63, 3.8) is 0 Å². The molecule has 1 aromatic heterocycles. The van der Waals surface area contributed by atoms with E-state index in [4.69, 9.17) is 4.52 Å². The Morgan fingerprint density at radius 2 is 1.94 bits per heavy atom. The van der Waals surface area contributed by atoms with Crippen LogP contribution in [0, 0.1) is 12.8 Å². The van der Waals surface area contributed by atoms with Gasteiger partial charge in [-0.15, -0.1) is 0 Å². The number of aromatic nitrogens is 2. The van der Waals surface area contributed by atoms with Crippen molar-refractivity contribution >= 4 is 27.5 Å². The highest BCUT2D eigenvalue weighted by atomic mass is 32.2. The van der Waals surface area contributed by atoms with Crippen LogP contribution in [0.4, 0.5) is 5.69 Å². The zero-order valence-electron chi connectivity index (χ0n) is 17.7. The van der Waals surface area contributed by atoms with Crippen LogP contribution in [-0.2, 0) is 20.2 Å². The summed E-state index contributed by atoms with van der Waals surface area (Å²) in [5.74, 6) is 0.371. The molecule has 2 fully saturated rings. The zero-order valence-corrected chi connectivity index (χ0v) is 18.5.